The summed E-state index contributed by atoms with van der Waals surface area (Å²) in [6, 6.07) is 8.66. The second-order valence-electron chi connectivity index (χ2n) is 30.2. The van der Waals surface area contributed by atoms with Crippen LogP contribution in [0.1, 0.15) is 136 Å². The molecule has 35 nitrogen and oxygen atoms in total. The maximum atomic E-state index is 15.6. The van der Waals surface area contributed by atoms with Crippen molar-refractivity contribution in [3.8, 4) is 16.9 Å². The second-order valence-corrected chi connectivity index (χ2v) is 30.2. The van der Waals surface area contributed by atoms with Crippen LogP contribution in [-0.2, 0) is 99.2 Å². The molecule has 0 aliphatic carbocycles. The van der Waals surface area contributed by atoms with Crippen LogP contribution in [0.2, 0.25) is 0 Å². The number of carboxylic acids is 1. The van der Waals surface area contributed by atoms with Crippen molar-refractivity contribution in [2.45, 2.75) is 218 Å². The maximum Gasteiger partial charge on any atom is 0.305 e. The quantitative estimate of drug-likeness (QED) is 0.0233. The van der Waals surface area contributed by atoms with Gasteiger partial charge in [-0.2, -0.15) is 0 Å². The van der Waals surface area contributed by atoms with Crippen molar-refractivity contribution < 1.29 is 101 Å². The van der Waals surface area contributed by atoms with Gasteiger partial charge >= 0.3 is 5.97 Å². The van der Waals surface area contributed by atoms with Crippen LogP contribution in [0.4, 0.5) is 8.78 Å². The lowest BCUT2D eigenvalue weighted by Gasteiger charge is -2.34. The zero-order valence-electron chi connectivity index (χ0n) is 68.0. The summed E-state index contributed by atoms with van der Waals surface area (Å²) in [5, 5.41) is 66.2. The van der Waals surface area contributed by atoms with Crippen LogP contribution >= 0.6 is 0 Å². The van der Waals surface area contributed by atoms with Gasteiger partial charge in [-0.1, -0.05) is 101 Å². The number of halogens is 2. The summed E-state index contributed by atoms with van der Waals surface area (Å²) in [5.41, 5.74) is 16.7. The first-order chi connectivity index (χ1) is 55.5. The molecule has 1 heterocycles. The van der Waals surface area contributed by atoms with Crippen LogP contribution in [0.15, 0.2) is 104 Å². The molecule has 644 valence electrons. The number of aliphatic carboxylic acids is 1. The summed E-state index contributed by atoms with van der Waals surface area (Å²) < 4.78 is 36.6. The molecule has 37 heteroatoms. The molecule has 0 bridgehead atoms. The first-order valence-electron chi connectivity index (χ1n) is 38.6. The number of nitrogens with zero attached hydrogens (tertiary/aromatic N) is 2. The van der Waals surface area contributed by atoms with Crippen LogP contribution < -0.4 is 75.1 Å². The van der Waals surface area contributed by atoms with Gasteiger partial charge in [0.15, 0.2) is 0 Å². The number of carbonyl (C=O) groups is 14. The van der Waals surface area contributed by atoms with Crippen molar-refractivity contribution >= 4 is 82.8 Å². The van der Waals surface area contributed by atoms with Gasteiger partial charge in [-0.25, -0.2) is 13.8 Å². The second kappa shape index (κ2) is 45.6. The van der Waals surface area contributed by atoms with Crippen LogP contribution in [0.5, 0.6) is 5.75 Å². The van der Waals surface area contributed by atoms with Crippen molar-refractivity contribution in [3.05, 3.63) is 143 Å². The number of aliphatic hydroxyl groups is 3. The molecule has 1 aromatic heterocycles. The monoisotopic (exact) mass is 1650 g/mol. The smallest absolute Gasteiger partial charge is 0.305 e. The number of nitrogens with two attached hydrogens (primary N) is 3. The third kappa shape index (κ3) is 29.1. The summed E-state index contributed by atoms with van der Waals surface area (Å²) in [6.07, 6.45) is -2.93. The number of hydrogen-bond donors (Lipinski definition) is 18. The molecule has 0 saturated heterocycles. The SMILES string of the molecule is CCc1cc(OC)ccc1-c1ccc(C[C@H](NC(=O)[C@H](CC(=O)O)NC(=O)[C@H](CO)NC(=O)C(NC(=O)[C@](C)(Cc2c(F)cccc2F)NC(=O)[C@@H](NC(=O)CNC(=O)[C@H](CCC(N)=O)NC(=O)[C@@H](C)N(CCC(C)C)C(=O)[C@H](Cc2cnc[nH]2)NC(=O)C(N)C(C)C)[C@@H](C)O)[C@@H](C)O)C(=O)N[C@@](C)(CCCc2ccccc2)C(N)=O)cc1. The predicted octanol–water partition coefficient (Wildman–Crippen LogP) is -0.538. The Morgan fingerprint density at radius 3 is 1.78 bits per heavy atom. The Bertz CT molecular complexity index is 4290. The highest BCUT2D eigenvalue weighted by Crippen LogP contribution is 2.29. The van der Waals surface area contributed by atoms with Crippen molar-refractivity contribution in [1.29, 1.82) is 0 Å². The highest BCUT2D eigenvalue weighted by Gasteiger charge is 2.44. The molecule has 21 N–H and O–H groups in total. The number of hydrogen-bond acceptors (Lipinski definition) is 20. The van der Waals surface area contributed by atoms with Gasteiger partial charge in [0.1, 0.15) is 76.8 Å². The van der Waals surface area contributed by atoms with Gasteiger partial charge in [0.05, 0.1) is 51.3 Å². The van der Waals surface area contributed by atoms with Crippen molar-refractivity contribution in [3.63, 3.8) is 0 Å². The van der Waals surface area contributed by atoms with Gasteiger partial charge in [0, 0.05) is 49.7 Å². The zero-order chi connectivity index (χ0) is 88.1. The first-order valence-corrected chi connectivity index (χ1v) is 38.6. The van der Waals surface area contributed by atoms with Gasteiger partial charge in [0.25, 0.3) is 0 Å². The lowest BCUT2D eigenvalue weighted by atomic mass is 9.89. The molecule has 0 radical (unpaired) electrons. The van der Waals surface area contributed by atoms with E-state index in [-0.39, 0.29) is 37.6 Å². The molecule has 2 unspecified atom stereocenters. The molecule has 5 rings (SSSR count). The minimum absolute atomic E-state index is 0.0143. The minimum atomic E-state index is -2.69. The van der Waals surface area contributed by atoms with E-state index in [0.29, 0.717) is 42.7 Å². The Labute approximate surface area is 682 Å². The highest BCUT2D eigenvalue weighted by molar-refractivity contribution is 6.01. The van der Waals surface area contributed by atoms with Crippen LogP contribution in [0.25, 0.3) is 11.1 Å². The van der Waals surface area contributed by atoms with E-state index in [0.717, 1.165) is 61.2 Å². The van der Waals surface area contributed by atoms with Crippen LogP contribution in [0, 0.1) is 23.5 Å². The molecular weight excluding hydrogens is 1540 g/mol. The molecule has 0 aliphatic rings. The van der Waals surface area contributed by atoms with E-state index >= 15 is 8.78 Å². The summed E-state index contributed by atoms with van der Waals surface area (Å²) in [6.45, 7) is 12.3. The number of aryl methyl sites for hydroxylation is 2. The van der Waals surface area contributed by atoms with Crippen molar-refractivity contribution in [1.82, 2.24) is 68.0 Å². The number of aliphatic hydroxyl groups excluding tert-OH is 3. The number of imidazole rings is 1. The number of amides is 13. The number of nitrogens with one attached hydrogen (secondary N) is 11. The maximum absolute atomic E-state index is 15.6. The number of carboxylic acid groups (broad SMARTS) is 1. The van der Waals surface area contributed by atoms with E-state index in [1.54, 1.807) is 51.3 Å². The molecule has 0 fully saturated rings. The standard InChI is InChI=1S/C81H112F2N16O19/c1-12-50-35-53(118-11)27-28-54(50)51-25-23-49(24-26-51)34-59(73(111)97-80(9,78(86)116)32-17-20-48-18-14-13-15-19-48)91-71(109)60(37-65(105)106)92-72(110)62(41-100)94-75(113)67(46(7)101)96-79(117)81(10,38-55-56(82)21-16-22-57(55)83)98-76(114)68(47(8)102)95-64(104)40-88-70(108)58(29-30-63(84)103)90-69(107)45(6)99(33-31-43(2)3)77(115)61(36-52-39-87-42-89-52)93-74(112)66(85)44(4)5/h13-16,18-19,21-28,35,39,42-47,58-62,66-68,100-102H,12,17,20,29-34,36-38,40-41,85H2,1-11H3,(H2,84,103)(H2,86,116)(H,87,89)(H,88,108)(H,90,107)(H,91,109)(H,92,110)(H,93,112)(H,94,113)(H,95,104)(H,96,117)(H,97,111)(H,98,114)(H,105,106)/t45-,46-,47-,58+,59+,60+,61+,62+,66?,67?,68+,80+,81+/m1/s1. The van der Waals surface area contributed by atoms with Gasteiger partial charge in [0.2, 0.25) is 76.8 Å². The van der Waals surface area contributed by atoms with Crippen LogP contribution in [-0.4, -0.2) is 223 Å². The van der Waals surface area contributed by atoms with Crippen molar-refractivity contribution in [2.75, 3.05) is 26.8 Å². The Balaban J connectivity index is 1.36. The fourth-order valence-electron chi connectivity index (χ4n) is 12.5. The molecule has 13 atom stereocenters. The Morgan fingerprint density at radius 1 is 0.627 bits per heavy atom. The highest BCUT2D eigenvalue weighted by atomic mass is 19.1. The number of H-pyrrole nitrogens is 1. The number of primary amides is 2. The molecule has 4 aromatic carbocycles. The lowest BCUT2D eigenvalue weighted by Crippen LogP contribution is -2.67. The van der Waals surface area contributed by atoms with E-state index in [2.05, 4.69) is 63.1 Å². The predicted molar refractivity (Wildman–Crippen MR) is 427 cm³/mol. The Kier molecular flexibility index (Phi) is 37.4. The fraction of sp³-hybridized carbons (Fsp3) is 0.494. The summed E-state index contributed by atoms with van der Waals surface area (Å²) >= 11 is 0. The molecule has 0 spiro atoms. The van der Waals surface area contributed by atoms with Gasteiger partial charge < -0.3 is 105 Å². The summed E-state index contributed by atoms with van der Waals surface area (Å²) in [4.78, 5) is 202. The van der Waals surface area contributed by atoms with Gasteiger partial charge in [-0.3, -0.25) is 67.1 Å². The first kappa shape index (κ1) is 96.8. The lowest BCUT2D eigenvalue weighted by molar-refractivity contribution is -0.144. The molecule has 0 aliphatic heterocycles. The Morgan fingerprint density at radius 2 is 1.22 bits per heavy atom. The molecule has 0 saturated carbocycles. The average molecular weight is 1650 g/mol. The van der Waals surface area contributed by atoms with E-state index in [9.17, 15) is 87.5 Å². The number of benzene rings is 4. The third-order valence-corrected chi connectivity index (χ3v) is 19.8. The van der Waals surface area contributed by atoms with E-state index in [4.69, 9.17) is 21.9 Å². The number of ether oxygens (including phenoxy) is 1. The van der Waals surface area contributed by atoms with E-state index < -0.39 is 216 Å². The number of aromatic amines is 1. The Hall–Kier alpha value is -11.8. The molecular formula is C81H112F2N16O19. The summed E-state index contributed by atoms with van der Waals surface area (Å²) in [7, 11) is 1.54. The van der Waals surface area contributed by atoms with Crippen molar-refractivity contribution in [2.24, 2.45) is 29.0 Å². The van der Waals surface area contributed by atoms with Crippen LogP contribution in [0.3, 0.4) is 0 Å². The zero-order valence-corrected chi connectivity index (χ0v) is 68.0. The number of rotatable bonds is 48. The molecule has 118 heavy (non-hydrogen) atoms. The third-order valence-electron chi connectivity index (χ3n) is 19.8. The largest absolute Gasteiger partial charge is 0.497 e. The normalized spacial score (nSPS) is 15.1. The molecule has 5 aromatic rings. The summed E-state index contributed by atoms with van der Waals surface area (Å²) in [5.74, 6) is -18.6. The van der Waals surface area contributed by atoms with E-state index in [1.807, 2.05) is 63.2 Å². The van der Waals surface area contributed by atoms with Gasteiger partial charge in [-0.05, 0) is 137 Å². The number of methoxy groups -OCH3 is 1. The van der Waals surface area contributed by atoms with Gasteiger partial charge in [-0.15, -0.1) is 0 Å². The molecule has 13 amide bonds. The number of aromatic nitrogens is 2. The van der Waals surface area contributed by atoms with E-state index in [1.165, 1.54) is 31.3 Å². The fourth-order valence-corrected chi connectivity index (χ4v) is 12.5. The average Bonchev–Trinajstić information content (AvgIpc) is 1.21. The topological polar surface area (TPSA) is 559 Å². The minimum Gasteiger partial charge on any atom is -0.497 e. The number of carbonyl (C=O) groups excluding carboxylic acids is 13.